The van der Waals surface area contributed by atoms with Gasteiger partial charge in [0.2, 0.25) is 5.88 Å². The first-order valence-electron chi connectivity index (χ1n) is 8.50. The number of rotatable bonds is 4. The zero-order valence-electron chi connectivity index (χ0n) is 14.9. The smallest absolute Gasteiger partial charge is 0.216 e. The number of fused-ring (bicyclic) bond motifs is 1. The Labute approximate surface area is 161 Å². The Bertz CT molecular complexity index is 1110. The van der Waals surface area contributed by atoms with Gasteiger partial charge in [-0.05, 0) is 30.2 Å². The van der Waals surface area contributed by atoms with Crippen LogP contribution in [0.5, 0.6) is 5.88 Å². The van der Waals surface area contributed by atoms with Crippen molar-refractivity contribution >= 4 is 22.6 Å². The summed E-state index contributed by atoms with van der Waals surface area (Å²) < 4.78 is 21.6. The number of hydrogen-bond donors (Lipinski definition) is 0. The molecular weight excluding hydrogens is 365 g/mol. The van der Waals surface area contributed by atoms with Gasteiger partial charge in [-0.1, -0.05) is 48.0 Å². The van der Waals surface area contributed by atoms with Gasteiger partial charge in [0.15, 0.2) is 5.65 Å². The number of aromatic nitrogens is 3. The van der Waals surface area contributed by atoms with E-state index in [-0.39, 0.29) is 6.61 Å². The molecule has 0 atom stereocenters. The largest absolute Gasteiger partial charge is 0.473 e. The lowest BCUT2D eigenvalue weighted by Crippen LogP contribution is -2.02. The van der Waals surface area contributed by atoms with E-state index in [1.807, 2.05) is 50.4 Å². The van der Waals surface area contributed by atoms with Gasteiger partial charge in [-0.25, -0.2) is 4.39 Å². The van der Waals surface area contributed by atoms with E-state index in [9.17, 15) is 4.39 Å². The van der Waals surface area contributed by atoms with Crippen molar-refractivity contribution in [3.05, 3.63) is 76.7 Å². The van der Waals surface area contributed by atoms with Gasteiger partial charge in [-0.2, -0.15) is 10.1 Å². The van der Waals surface area contributed by atoms with Crippen LogP contribution in [0.3, 0.4) is 0 Å². The Morgan fingerprint density at radius 2 is 1.89 bits per heavy atom. The van der Waals surface area contributed by atoms with Gasteiger partial charge in [-0.15, -0.1) is 0 Å². The predicted octanol–water partition coefficient (Wildman–Crippen LogP) is 5.32. The van der Waals surface area contributed by atoms with Gasteiger partial charge >= 0.3 is 0 Å². The van der Waals surface area contributed by atoms with Crippen LogP contribution in [0.15, 0.2) is 54.6 Å². The molecule has 4 aromatic rings. The Balaban J connectivity index is 1.79. The highest BCUT2D eigenvalue weighted by Gasteiger charge is 2.16. The fourth-order valence-corrected chi connectivity index (χ4v) is 3.38. The molecule has 0 bridgehead atoms. The van der Waals surface area contributed by atoms with Crippen LogP contribution in [0.25, 0.3) is 22.2 Å². The maximum absolute atomic E-state index is 14.0. The van der Waals surface area contributed by atoms with Crippen molar-refractivity contribution in [1.29, 1.82) is 0 Å². The number of aryl methyl sites for hydroxylation is 2. The molecule has 4 rings (SSSR count). The summed E-state index contributed by atoms with van der Waals surface area (Å²) in [6.07, 6.45) is 0. The summed E-state index contributed by atoms with van der Waals surface area (Å²) >= 11 is 6.09. The third kappa shape index (κ3) is 3.26. The molecule has 0 N–H and O–H groups in total. The Morgan fingerprint density at radius 3 is 2.63 bits per heavy atom. The minimum absolute atomic E-state index is 0.00488. The number of benzene rings is 2. The Hall–Kier alpha value is -2.92. The molecule has 0 spiro atoms. The van der Waals surface area contributed by atoms with E-state index in [1.165, 1.54) is 6.07 Å². The molecule has 0 saturated carbocycles. The highest BCUT2D eigenvalue weighted by molar-refractivity contribution is 6.31. The number of nitrogens with zero attached hydrogens (tertiary/aromatic N) is 3. The van der Waals surface area contributed by atoms with Crippen LogP contribution in [-0.4, -0.2) is 14.8 Å². The molecule has 0 fully saturated rings. The first-order chi connectivity index (χ1) is 13.0. The number of hydrogen-bond acceptors (Lipinski definition) is 3. The second-order valence-electron chi connectivity index (χ2n) is 6.27. The maximum atomic E-state index is 14.0. The zero-order chi connectivity index (χ0) is 19.0. The fraction of sp³-hybridized carbons (Fsp3) is 0.143. The lowest BCUT2D eigenvalue weighted by Gasteiger charge is -2.11. The summed E-state index contributed by atoms with van der Waals surface area (Å²) in [5.74, 6) is -0.00749. The van der Waals surface area contributed by atoms with Gasteiger partial charge < -0.3 is 4.74 Å². The summed E-state index contributed by atoms with van der Waals surface area (Å²) in [5, 5.41) is 5.78. The van der Waals surface area contributed by atoms with Crippen molar-refractivity contribution in [2.75, 3.05) is 0 Å². The summed E-state index contributed by atoms with van der Waals surface area (Å²) in [6, 6.07) is 16.4. The van der Waals surface area contributed by atoms with Gasteiger partial charge in [0, 0.05) is 18.7 Å². The van der Waals surface area contributed by atoms with Crippen LogP contribution in [0.2, 0.25) is 5.02 Å². The number of pyridine rings is 1. The first-order valence-corrected chi connectivity index (χ1v) is 8.88. The van der Waals surface area contributed by atoms with Crippen LogP contribution in [0.1, 0.15) is 11.3 Å². The van der Waals surface area contributed by atoms with Gasteiger partial charge in [0.1, 0.15) is 12.4 Å². The standard InChI is InChI=1S/C21H17ClFN3O/c1-13-20-15(14-7-4-3-5-8-14)11-19(24-21(20)26(2)25-13)27-12-16-17(22)9-6-10-18(16)23/h3-11H,12H2,1-2H3. The second-order valence-corrected chi connectivity index (χ2v) is 6.68. The highest BCUT2D eigenvalue weighted by atomic mass is 35.5. The van der Waals surface area contributed by atoms with Crippen LogP contribution in [-0.2, 0) is 13.7 Å². The van der Waals surface area contributed by atoms with E-state index in [2.05, 4.69) is 10.1 Å². The van der Waals surface area contributed by atoms with Crippen molar-refractivity contribution in [1.82, 2.24) is 14.8 Å². The van der Waals surface area contributed by atoms with Crippen LogP contribution >= 0.6 is 11.6 Å². The van der Waals surface area contributed by atoms with E-state index in [0.29, 0.717) is 22.1 Å². The molecule has 2 aromatic carbocycles. The van der Waals surface area contributed by atoms with E-state index < -0.39 is 5.82 Å². The van der Waals surface area contributed by atoms with Crippen molar-refractivity contribution in [2.45, 2.75) is 13.5 Å². The molecule has 0 aliphatic carbocycles. The second kappa shape index (κ2) is 7.00. The Kier molecular flexibility index (Phi) is 4.54. The lowest BCUT2D eigenvalue weighted by atomic mass is 10.0. The molecule has 2 aromatic heterocycles. The SMILES string of the molecule is Cc1nn(C)c2nc(OCc3c(F)cccc3Cl)cc(-c3ccccc3)c12. The quantitative estimate of drug-likeness (QED) is 0.480. The maximum Gasteiger partial charge on any atom is 0.216 e. The third-order valence-electron chi connectivity index (χ3n) is 4.46. The van der Waals surface area contributed by atoms with Gasteiger partial charge in [0.25, 0.3) is 0 Å². The van der Waals surface area contributed by atoms with Crippen molar-refractivity contribution in [2.24, 2.45) is 7.05 Å². The molecule has 0 unspecified atom stereocenters. The molecular formula is C21H17ClFN3O. The van der Waals surface area contributed by atoms with E-state index in [0.717, 1.165) is 22.2 Å². The number of ether oxygens (including phenoxy) is 1. The molecule has 0 amide bonds. The average molecular weight is 382 g/mol. The summed E-state index contributed by atoms with van der Waals surface area (Å²) in [5.41, 5.74) is 3.92. The van der Waals surface area contributed by atoms with Crippen LogP contribution in [0, 0.1) is 12.7 Å². The van der Waals surface area contributed by atoms with Crippen molar-refractivity contribution in [3.63, 3.8) is 0 Å². The molecule has 0 saturated heterocycles. The normalized spacial score (nSPS) is 11.1. The molecule has 6 heteroatoms. The predicted molar refractivity (Wildman–Crippen MR) is 104 cm³/mol. The van der Waals surface area contributed by atoms with Gasteiger partial charge in [-0.3, -0.25) is 4.68 Å². The lowest BCUT2D eigenvalue weighted by molar-refractivity contribution is 0.289. The topological polar surface area (TPSA) is 39.9 Å². The van der Waals surface area contributed by atoms with Crippen LogP contribution < -0.4 is 4.74 Å². The molecule has 136 valence electrons. The van der Waals surface area contributed by atoms with E-state index in [4.69, 9.17) is 16.3 Å². The summed E-state index contributed by atoms with van der Waals surface area (Å²) in [7, 11) is 1.84. The number of halogens is 2. The monoisotopic (exact) mass is 381 g/mol. The molecule has 4 nitrogen and oxygen atoms in total. The van der Waals surface area contributed by atoms with E-state index >= 15 is 0 Å². The molecule has 0 aliphatic rings. The third-order valence-corrected chi connectivity index (χ3v) is 4.81. The first kappa shape index (κ1) is 17.5. The zero-order valence-corrected chi connectivity index (χ0v) is 15.7. The Morgan fingerprint density at radius 1 is 1.11 bits per heavy atom. The molecule has 0 radical (unpaired) electrons. The molecule has 27 heavy (non-hydrogen) atoms. The minimum atomic E-state index is -0.400. The summed E-state index contributed by atoms with van der Waals surface area (Å²) in [4.78, 5) is 4.57. The van der Waals surface area contributed by atoms with E-state index in [1.54, 1.807) is 16.8 Å². The average Bonchev–Trinajstić information content (AvgIpc) is 2.95. The molecule has 2 heterocycles. The summed E-state index contributed by atoms with van der Waals surface area (Å²) in [6.45, 7) is 1.95. The van der Waals surface area contributed by atoms with Crippen molar-refractivity contribution < 1.29 is 9.13 Å². The van der Waals surface area contributed by atoms with Crippen molar-refractivity contribution in [3.8, 4) is 17.0 Å². The fourth-order valence-electron chi connectivity index (χ4n) is 3.16. The molecule has 0 aliphatic heterocycles. The van der Waals surface area contributed by atoms with Crippen LogP contribution in [0.4, 0.5) is 4.39 Å². The minimum Gasteiger partial charge on any atom is -0.473 e. The highest BCUT2D eigenvalue weighted by Crippen LogP contribution is 2.33. The van der Waals surface area contributed by atoms with Gasteiger partial charge in [0.05, 0.1) is 16.1 Å².